The molecule has 9 heteroatoms. The van der Waals surface area contributed by atoms with Crippen molar-refractivity contribution in [2.45, 2.75) is 16.7 Å². The number of sulfonamides is 1. The van der Waals surface area contributed by atoms with Crippen LogP contribution in [0.4, 0.5) is 5.82 Å². The van der Waals surface area contributed by atoms with E-state index in [0.717, 1.165) is 6.42 Å². The molecule has 0 saturated carbocycles. The van der Waals surface area contributed by atoms with Crippen LogP contribution >= 0.6 is 11.3 Å². The van der Waals surface area contributed by atoms with Crippen LogP contribution in [0.5, 0.6) is 5.88 Å². The molecule has 0 aromatic carbocycles. The number of nitrogens with zero attached hydrogens (tertiary/aromatic N) is 4. The van der Waals surface area contributed by atoms with Gasteiger partial charge in [-0.1, -0.05) is 6.07 Å². The van der Waals surface area contributed by atoms with Crippen molar-refractivity contribution in [1.29, 1.82) is 0 Å². The van der Waals surface area contributed by atoms with Crippen LogP contribution in [0, 0.1) is 0 Å². The Balaban J connectivity index is 1.77. The van der Waals surface area contributed by atoms with Crippen LogP contribution in [0.2, 0.25) is 0 Å². The van der Waals surface area contributed by atoms with E-state index in [2.05, 4.69) is 9.97 Å². The van der Waals surface area contributed by atoms with Crippen molar-refractivity contribution < 1.29 is 13.2 Å². The summed E-state index contributed by atoms with van der Waals surface area (Å²) in [6.07, 6.45) is 3.92. The number of thiophene rings is 1. The normalized spacial score (nSPS) is 18.6. The minimum atomic E-state index is -3.44. The summed E-state index contributed by atoms with van der Waals surface area (Å²) in [7, 11) is -0.256. The molecule has 1 aliphatic rings. The molecule has 7 nitrogen and oxygen atoms in total. The van der Waals surface area contributed by atoms with Gasteiger partial charge >= 0.3 is 0 Å². The highest BCUT2D eigenvalue weighted by atomic mass is 32.2. The molecule has 1 fully saturated rings. The van der Waals surface area contributed by atoms with Crippen LogP contribution in [-0.2, 0) is 10.0 Å². The van der Waals surface area contributed by atoms with E-state index in [9.17, 15) is 8.42 Å². The van der Waals surface area contributed by atoms with Crippen molar-refractivity contribution in [1.82, 2.24) is 14.3 Å². The Kier molecular flexibility index (Phi) is 4.51. The number of methoxy groups -OCH3 is 1. The molecule has 1 saturated heterocycles. The maximum Gasteiger partial charge on any atom is 0.257 e. The van der Waals surface area contributed by atoms with Crippen LogP contribution in [0.25, 0.3) is 0 Å². The fourth-order valence-corrected chi connectivity index (χ4v) is 5.21. The van der Waals surface area contributed by atoms with E-state index in [1.54, 1.807) is 44.1 Å². The third kappa shape index (κ3) is 3.04. The Bertz CT molecular complexity index is 764. The molecule has 0 N–H and O–H groups in total. The SMILES string of the molecule is COc1nccnc1N1CCC(N(C)S(=O)(=O)c2cccs2)C1. The number of hydrogen-bond acceptors (Lipinski definition) is 7. The Labute approximate surface area is 139 Å². The number of ether oxygens (including phenoxy) is 1. The number of rotatable bonds is 5. The van der Waals surface area contributed by atoms with Gasteiger partial charge in [0.05, 0.1) is 7.11 Å². The van der Waals surface area contributed by atoms with Crippen LogP contribution in [0.1, 0.15) is 6.42 Å². The van der Waals surface area contributed by atoms with Gasteiger partial charge in [-0.25, -0.2) is 18.4 Å². The van der Waals surface area contributed by atoms with Crippen molar-refractivity contribution in [3.63, 3.8) is 0 Å². The predicted molar refractivity (Wildman–Crippen MR) is 88.5 cm³/mol. The molecule has 23 heavy (non-hydrogen) atoms. The van der Waals surface area contributed by atoms with Crippen molar-refractivity contribution in [3.8, 4) is 5.88 Å². The number of aromatic nitrogens is 2. The third-order valence-electron chi connectivity index (χ3n) is 3.95. The summed E-state index contributed by atoms with van der Waals surface area (Å²) in [5.41, 5.74) is 0. The second-order valence-electron chi connectivity index (χ2n) is 5.23. The van der Waals surface area contributed by atoms with Crippen LogP contribution < -0.4 is 9.64 Å². The van der Waals surface area contributed by atoms with E-state index in [0.29, 0.717) is 29.0 Å². The summed E-state index contributed by atoms with van der Waals surface area (Å²) < 4.78 is 32.3. The fraction of sp³-hybridized carbons (Fsp3) is 0.429. The number of likely N-dealkylation sites (N-methyl/N-ethyl adjacent to an activating group) is 1. The zero-order valence-electron chi connectivity index (χ0n) is 12.9. The monoisotopic (exact) mass is 354 g/mol. The molecule has 1 atom stereocenters. The van der Waals surface area contributed by atoms with Gasteiger partial charge in [0.15, 0.2) is 5.82 Å². The van der Waals surface area contributed by atoms with E-state index in [4.69, 9.17) is 4.74 Å². The van der Waals surface area contributed by atoms with Gasteiger partial charge in [0.2, 0.25) is 0 Å². The maximum atomic E-state index is 12.6. The van der Waals surface area contributed by atoms with Crippen molar-refractivity contribution >= 4 is 27.2 Å². The van der Waals surface area contributed by atoms with Gasteiger partial charge in [-0.05, 0) is 17.9 Å². The quantitative estimate of drug-likeness (QED) is 0.809. The fourth-order valence-electron chi connectivity index (χ4n) is 2.66. The predicted octanol–water partition coefficient (Wildman–Crippen LogP) is 1.45. The highest BCUT2D eigenvalue weighted by molar-refractivity contribution is 7.91. The standard InChI is InChI=1S/C14H18N4O3S2/c1-17(23(19,20)12-4-3-9-22-12)11-5-8-18(10-11)13-14(21-2)16-7-6-15-13/h3-4,6-7,9,11H,5,8,10H2,1-2H3. The molecule has 0 aliphatic carbocycles. The molecule has 3 heterocycles. The van der Waals surface area contributed by atoms with Gasteiger partial charge in [-0.3, -0.25) is 0 Å². The summed E-state index contributed by atoms with van der Waals surface area (Å²) in [6, 6.07) is 3.28. The lowest BCUT2D eigenvalue weighted by Gasteiger charge is -2.24. The van der Waals surface area contributed by atoms with E-state index in [1.165, 1.54) is 15.6 Å². The lowest BCUT2D eigenvalue weighted by Crippen LogP contribution is -2.38. The molecule has 1 unspecified atom stereocenters. The molecule has 1 aliphatic heterocycles. The van der Waals surface area contributed by atoms with Crippen LogP contribution in [-0.4, -0.2) is 56.0 Å². The van der Waals surface area contributed by atoms with E-state index in [1.807, 2.05) is 4.90 Å². The Morgan fingerprint density at radius 3 is 2.87 bits per heavy atom. The molecular formula is C14H18N4O3S2. The van der Waals surface area contributed by atoms with Gasteiger partial charge in [-0.2, -0.15) is 4.31 Å². The maximum absolute atomic E-state index is 12.6. The van der Waals surface area contributed by atoms with Gasteiger partial charge < -0.3 is 9.64 Å². The number of hydrogen-bond donors (Lipinski definition) is 0. The molecule has 2 aromatic rings. The Hall–Kier alpha value is -1.71. The van der Waals surface area contributed by atoms with Gasteiger partial charge in [0.1, 0.15) is 4.21 Å². The lowest BCUT2D eigenvalue weighted by molar-refractivity contribution is 0.387. The first-order chi connectivity index (χ1) is 11.0. The largest absolute Gasteiger partial charge is 0.478 e. The number of anilines is 1. The zero-order chi connectivity index (χ0) is 16.4. The average Bonchev–Trinajstić information content (AvgIpc) is 3.25. The highest BCUT2D eigenvalue weighted by Crippen LogP contribution is 2.29. The summed E-state index contributed by atoms with van der Waals surface area (Å²) >= 11 is 1.23. The minimum Gasteiger partial charge on any atom is -0.478 e. The first kappa shape index (κ1) is 16.2. The second-order valence-corrected chi connectivity index (χ2v) is 8.40. The molecule has 0 amide bonds. The molecule has 3 rings (SSSR count). The van der Waals surface area contributed by atoms with Crippen LogP contribution in [0.15, 0.2) is 34.1 Å². The minimum absolute atomic E-state index is 0.103. The molecule has 0 bridgehead atoms. The molecular weight excluding hydrogens is 336 g/mol. The van der Waals surface area contributed by atoms with Crippen molar-refractivity contribution in [2.24, 2.45) is 0 Å². The zero-order valence-corrected chi connectivity index (χ0v) is 14.5. The molecule has 0 radical (unpaired) electrons. The van der Waals surface area contributed by atoms with Gasteiger partial charge in [0, 0.05) is 38.6 Å². The van der Waals surface area contributed by atoms with Crippen molar-refractivity contribution in [3.05, 3.63) is 29.9 Å². The summed E-state index contributed by atoms with van der Waals surface area (Å²) in [5.74, 6) is 1.11. The van der Waals surface area contributed by atoms with Gasteiger partial charge in [-0.15, -0.1) is 11.3 Å². The third-order valence-corrected chi connectivity index (χ3v) is 7.23. The summed E-state index contributed by atoms with van der Waals surface area (Å²) in [5, 5.41) is 1.77. The van der Waals surface area contributed by atoms with E-state index >= 15 is 0 Å². The lowest BCUT2D eigenvalue weighted by atomic mass is 10.3. The van der Waals surface area contributed by atoms with E-state index in [-0.39, 0.29) is 6.04 Å². The average molecular weight is 354 g/mol. The van der Waals surface area contributed by atoms with E-state index < -0.39 is 10.0 Å². The first-order valence-corrected chi connectivity index (χ1v) is 9.47. The molecule has 2 aromatic heterocycles. The summed E-state index contributed by atoms with van der Waals surface area (Å²) in [6.45, 7) is 1.28. The molecule has 124 valence electrons. The second kappa shape index (κ2) is 6.42. The first-order valence-electron chi connectivity index (χ1n) is 7.15. The topological polar surface area (TPSA) is 75.6 Å². The highest BCUT2D eigenvalue weighted by Gasteiger charge is 2.35. The Morgan fingerprint density at radius 2 is 2.17 bits per heavy atom. The van der Waals surface area contributed by atoms with Gasteiger partial charge in [0.25, 0.3) is 15.9 Å². The smallest absolute Gasteiger partial charge is 0.257 e. The van der Waals surface area contributed by atoms with Crippen molar-refractivity contribution in [2.75, 3.05) is 32.1 Å². The molecule has 0 spiro atoms. The summed E-state index contributed by atoms with van der Waals surface area (Å²) in [4.78, 5) is 10.5. The van der Waals surface area contributed by atoms with Crippen LogP contribution in [0.3, 0.4) is 0 Å². The Morgan fingerprint density at radius 1 is 1.39 bits per heavy atom.